The van der Waals surface area contributed by atoms with E-state index in [1.54, 1.807) is 25.3 Å². The molecule has 17 heavy (non-hydrogen) atoms. The zero-order valence-electron chi connectivity index (χ0n) is 9.74. The summed E-state index contributed by atoms with van der Waals surface area (Å²) in [5, 5.41) is 0.459. The van der Waals surface area contributed by atoms with Crippen molar-refractivity contribution in [3.8, 4) is 5.75 Å². The quantitative estimate of drug-likeness (QED) is 0.778. The van der Waals surface area contributed by atoms with Crippen molar-refractivity contribution in [2.45, 2.75) is 12.8 Å². The fraction of sp³-hybridized carbons (Fsp3) is 0.462. The third-order valence-electron chi connectivity index (χ3n) is 3.03. The first-order valence-electron chi connectivity index (χ1n) is 5.68. The largest absolute Gasteiger partial charge is 0.497 e. The van der Waals surface area contributed by atoms with Gasteiger partial charge in [0.05, 0.1) is 12.1 Å². The summed E-state index contributed by atoms with van der Waals surface area (Å²) in [5.41, 5.74) is 0.583. The molecule has 0 N–H and O–H groups in total. The lowest BCUT2D eigenvalue weighted by Crippen LogP contribution is -2.23. The van der Waals surface area contributed by atoms with E-state index in [1.165, 1.54) is 0 Å². The first-order valence-corrected chi connectivity index (χ1v) is 6.05. The van der Waals surface area contributed by atoms with E-state index in [4.69, 9.17) is 21.1 Å². The summed E-state index contributed by atoms with van der Waals surface area (Å²) in [7, 11) is 1.58. The third-order valence-corrected chi connectivity index (χ3v) is 3.35. The molecule has 1 saturated heterocycles. The lowest BCUT2D eigenvalue weighted by molar-refractivity contribution is 0.0545. The van der Waals surface area contributed by atoms with Crippen LogP contribution in [0.5, 0.6) is 5.75 Å². The van der Waals surface area contributed by atoms with Gasteiger partial charge in [-0.25, -0.2) is 0 Å². The van der Waals surface area contributed by atoms with Crippen molar-refractivity contribution in [2.24, 2.45) is 5.92 Å². The number of ketones is 1. The highest BCUT2D eigenvalue weighted by molar-refractivity contribution is 6.34. The van der Waals surface area contributed by atoms with E-state index in [0.29, 0.717) is 29.5 Å². The highest BCUT2D eigenvalue weighted by Crippen LogP contribution is 2.27. The summed E-state index contributed by atoms with van der Waals surface area (Å²) in [5.74, 6) is 0.814. The Hall–Kier alpha value is -1.06. The third kappa shape index (κ3) is 2.79. The van der Waals surface area contributed by atoms with Gasteiger partial charge in [0, 0.05) is 24.7 Å². The minimum atomic E-state index is 0.0367. The molecule has 0 spiro atoms. The van der Waals surface area contributed by atoms with Gasteiger partial charge in [-0.15, -0.1) is 0 Å². The van der Waals surface area contributed by atoms with Crippen LogP contribution >= 0.6 is 11.6 Å². The Labute approximate surface area is 106 Å². The molecule has 1 aromatic carbocycles. The number of Topliss-reactive ketones (excluding diaryl/α,β-unsaturated/α-hetero) is 1. The maximum absolute atomic E-state index is 12.2. The van der Waals surface area contributed by atoms with Gasteiger partial charge in [-0.05, 0) is 31.0 Å². The molecular weight excluding hydrogens is 240 g/mol. The van der Waals surface area contributed by atoms with Gasteiger partial charge in [0.2, 0.25) is 0 Å². The number of carbonyl (C=O) groups excluding carboxylic acids is 1. The molecule has 0 unspecified atom stereocenters. The van der Waals surface area contributed by atoms with Gasteiger partial charge in [0.1, 0.15) is 5.75 Å². The maximum atomic E-state index is 12.2. The van der Waals surface area contributed by atoms with Crippen LogP contribution in [-0.4, -0.2) is 26.1 Å². The molecule has 1 aliphatic rings. The van der Waals surface area contributed by atoms with Crippen molar-refractivity contribution in [2.75, 3.05) is 20.3 Å². The molecule has 0 saturated carbocycles. The van der Waals surface area contributed by atoms with Crippen LogP contribution in [0.15, 0.2) is 18.2 Å². The Bertz CT molecular complexity index is 411. The molecule has 0 aromatic heterocycles. The Balaban J connectivity index is 2.18. The fourth-order valence-electron chi connectivity index (χ4n) is 2.00. The summed E-state index contributed by atoms with van der Waals surface area (Å²) in [6.07, 6.45) is 1.56. The van der Waals surface area contributed by atoms with Crippen molar-refractivity contribution in [1.82, 2.24) is 0 Å². The topological polar surface area (TPSA) is 35.5 Å². The van der Waals surface area contributed by atoms with Gasteiger partial charge in [-0.1, -0.05) is 11.6 Å². The van der Waals surface area contributed by atoms with Crippen LogP contribution in [0.2, 0.25) is 5.02 Å². The van der Waals surface area contributed by atoms with Crippen LogP contribution in [0, 0.1) is 5.92 Å². The van der Waals surface area contributed by atoms with Crippen LogP contribution in [0.25, 0.3) is 0 Å². The molecule has 0 radical (unpaired) electrons. The molecule has 3 nitrogen and oxygen atoms in total. The average molecular weight is 255 g/mol. The predicted octanol–water partition coefficient (Wildman–Crippen LogP) is 2.96. The van der Waals surface area contributed by atoms with Crippen LogP contribution in [0.3, 0.4) is 0 Å². The Morgan fingerprint density at radius 2 is 2.12 bits per heavy atom. The number of ether oxygens (including phenoxy) is 2. The van der Waals surface area contributed by atoms with Crippen LogP contribution in [0.4, 0.5) is 0 Å². The van der Waals surface area contributed by atoms with Gasteiger partial charge in [0.15, 0.2) is 5.78 Å². The minimum Gasteiger partial charge on any atom is -0.497 e. The molecule has 92 valence electrons. The number of methoxy groups -OCH3 is 1. The number of carbonyl (C=O) groups is 1. The van der Waals surface area contributed by atoms with Gasteiger partial charge in [-0.2, -0.15) is 0 Å². The summed E-state index contributed by atoms with van der Waals surface area (Å²) in [6.45, 7) is 1.31. The number of benzene rings is 1. The molecule has 0 bridgehead atoms. The second-order valence-corrected chi connectivity index (χ2v) is 4.50. The molecule has 2 rings (SSSR count). The Morgan fingerprint density at radius 1 is 1.41 bits per heavy atom. The van der Waals surface area contributed by atoms with E-state index in [1.807, 2.05) is 0 Å². The number of rotatable bonds is 3. The molecule has 4 heteroatoms. The van der Waals surface area contributed by atoms with Crippen LogP contribution in [0.1, 0.15) is 23.2 Å². The molecule has 0 amide bonds. The van der Waals surface area contributed by atoms with Crippen molar-refractivity contribution in [3.05, 3.63) is 28.8 Å². The predicted molar refractivity (Wildman–Crippen MR) is 65.9 cm³/mol. The monoisotopic (exact) mass is 254 g/mol. The highest BCUT2D eigenvalue weighted by atomic mass is 35.5. The second kappa shape index (κ2) is 5.52. The second-order valence-electron chi connectivity index (χ2n) is 4.10. The van der Waals surface area contributed by atoms with Crippen molar-refractivity contribution >= 4 is 17.4 Å². The number of hydrogen-bond donors (Lipinski definition) is 0. The fourth-order valence-corrected chi connectivity index (χ4v) is 2.27. The van der Waals surface area contributed by atoms with E-state index in [9.17, 15) is 4.79 Å². The van der Waals surface area contributed by atoms with Crippen molar-refractivity contribution in [3.63, 3.8) is 0 Å². The van der Waals surface area contributed by atoms with Gasteiger partial charge < -0.3 is 9.47 Å². The summed E-state index contributed by atoms with van der Waals surface area (Å²) < 4.78 is 10.3. The summed E-state index contributed by atoms with van der Waals surface area (Å²) >= 11 is 6.09. The lowest BCUT2D eigenvalue weighted by atomic mass is 9.91. The van der Waals surface area contributed by atoms with Gasteiger partial charge in [-0.3, -0.25) is 4.79 Å². The normalized spacial score (nSPS) is 16.8. The van der Waals surface area contributed by atoms with E-state index in [2.05, 4.69) is 0 Å². The Kier molecular flexibility index (Phi) is 4.02. The summed E-state index contributed by atoms with van der Waals surface area (Å²) in [6, 6.07) is 5.17. The molecule has 1 fully saturated rings. The lowest BCUT2D eigenvalue weighted by Gasteiger charge is -2.21. The van der Waals surface area contributed by atoms with Crippen molar-refractivity contribution in [1.29, 1.82) is 0 Å². The molecule has 1 heterocycles. The molecule has 1 aliphatic heterocycles. The minimum absolute atomic E-state index is 0.0367. The zero-order chi connectivity index (χ0) is 12.3. The van der Waals surface area contributed by atoms with Crippen LogP contribution < -0.4 is 4.74 Å². The van der Waals surface area contributed by atoms with Gasteiger partial charge >= 0.3 is 0 Å². The maximum Gasteiger partial charge on any atom is 0.167 e. The first kappa shape index (κ1) is 12.4. The molecule has 0 atom stereocenters. The Morgan fingerprint density at radius 3 is 2.71 bits per heavy atom. The smallest absolute Gasteiger partial charge is 0.167 e. The highest BCUT2D eigenvalue weighted by Gasteiger charge is 2.24. The standard InChI is InChI=1S/C13H15ClO3/c1-16-10-2-3-11(12(14)8-10)13(15)9-4-6-17-7-5-9/h2-3,8-9H,4-7H2,1H3. The SMILES string of the molecule is COc1ccc(C(=O)C2CCOCC2)c(Cl)c1. The van der Waals surface area contributed by atoms with Crippen molar-refractivity contribution < 1.29 is 14.3 Å². The van der Waals surface area contributed by atoms with E-state index >= 15 is 0 Å². The van der Waals surface area contributed by atoms with E-state index < -0.39 is 0 Å². The van der Waals surface area contributed by atoms with Crippen LogP contribution in [-0.2, 0) is 4.74 Å². The molecular formula is C13H15ClO3. The zero-order valence-corrected chi connectivity index (χ0v) is 10.5. The molecule has 0 aliphatic carbocycles. The molecule has 1 aromatic rings. The summed E-state index contributed by atoms with van der Waals surface area (Å²) in [4.78, 5) is 12.2. The average Bonchev–Trinajstić information content (AvgIpc) is 2.39. The first-order chi connectivity index (χ1) is 8.22. The van der Waals surface area contributed by atoms with E-state index in [0.717, 1.165) is 12.8 Å². The van der Waals surface area contributed by atoms with E-state index in [-0.39, 0.29) is 11.7 Å². The number of halogens is 1. The number of hydrogen-bond acceptors (Lipinski definition) is 3. The van der Waals surface area contributed by atoms with Gasteiger partial charge in [0.25, 0.3) is 0 Å².